The minimum atomic E-state index is 0.609. The van der Waals surface area contributed by atoms with Crippen molar-refractivity contribution >= 4 is 15.9 Å². The molecule has 5 heteroatoms. The Labute approximate surface area is 123 Å². The minimum absolute atomic E-state index is 0.609. The maximum Gasteiger partial charge on any atom is 0.175 e. The van der Waals surface area contributed by atoms with Crippen LogP contribution in [-0.4, -0.2) is 34.0 Å². The molecule has 108 valence electrons. The van der Waals surface area contributed by atoms with E-state index in [-0.39, 0.29) is 0 Å². The summed E-state index contributed by atoms with van der Waals surface area (Å²) in [6, 6.07) is 4.06. The molecule has 0 unspecified atom stereocenters. The van der Waals surface area contributed by atoms with Gasteiger partial charge < -0.3 is 19.5 Å². The zero-order valence-corrected chi connectivity index (χ0v) is 13.4. The van der Waals surface area contributed by atoms with Crippen molar-refractivity contribution in [1.82, 2.24) is 5.32 Å². The molecule has 0 fully saturated rings. The van der Waals surface area contributed by atoms with Gasteiger partial charge in [-0.25, -0.2) is 0 Å². The highest BCUT2D eigenvalue weighted by atomic mass is 79.9. The van der Waals surface area contributed by atoms with Crippen molar-refractivity contribution in [1.29, 1.82) is 0 Å². The van der Waals surface area contributed by atoms with E-state index in [1.54, 1.807) is 7.11 Å². The Morgan fingerprint density at radius 3 is 2.63 bits per heavy atom. The normalized spacial score (nSPS) is 10.5. The topological polar surface area (TPSA) is 39.7 Å². The molecule has 0 saturated heterocycles. The Kier molecular flexibility index (Phi) is 7.86. The predicted molar refractivity (Wildman–Crippen MR) is 80.1 cm³/mol. The maximum absolute atomic E-state index is 5.78. The molecular formula is C14H22BrNO3. The minimum Gasteiger partial charge on any atom is -0.490 e. The van der Waals surface area contributed by atoms with E-state index in [4.69, 9.17) is 14.2 Å². The summed E-state index contributed by atoms with van der Waals surface area (Å²) < 4.78 is 17.4. The van der Waals surface area contributed by atoms with Crippen LogP contribution >= 0.6 is 15.9 Å². The van der Waals surface area contributed by atoms with E-state index < -0.39 is 0 Å². The summed E-state index contributed by atoms with van der Waals surface area (Å²) in [5, 5.41) is 3.13. The van der Waals surface area contributed by atoms with Crippen LogP contribution in [-0.2, 0) is 11.3 Å². The van der Waals surface area contributed by atoms with Gasteiger partial charge >= 0.3 is 0 Å². The summed E-state index contributed by atoms with van der Waals surface area (Å²) in [6.45, 7) is 4.68. The molecule has 0 spiro atoms. The number of ether oxygens (including phenoxy) is 3. The second-order valence-electron chi connectivity index (χ2n) is 4.06. The predicted octanol–water partition coefficient (Wildman–Crippen LogP) is 2.98. The summed E-state index contributed by atoms with van der Waals surface area (Å²) in [5.74, 6) is 1.54. The van der Waals surface area contributed by atoms with Gasteiger partial charge in [-0.2, -0.15) is 0 Å². The second-order valence-corrected chi connectivity index (χ2v) is 4.92. The fraction of sp³-hybridized carbons (Fsp3) is 0.571. The van der Waals surface area contributed by atoms with E-state index in [1.165, 1.54) is 0 Å². The third-order valence-corrected chi connectivity index (χ3v) is 3.08. The van der Waals surface area contributed by atoms with E-state index in [2.05, 4.69) is 21.2 Å². The molecule has 0 aliphatic rings. The Balaban J connectivity index is 2.81. The molecule has 4 nitrogen and oxygen atoms in total. The van der Waals surface area contributed by atoms with Crippen LogP contribution < -0.4 is 14.8 Å². The Hall–Kier alpha value is -0.780. The Morgan fingerprint density at radius 2 is 2.00 bits per heavy atom. The molecule has 1 aromatic rings. The van der Waals surface area contributed by atoms with Crippen LogP contribution in [0.5, 0.6) is 11.5 Å². The van der Waals surface area contributed by atoms with Crippen LogP contribution in [0.15, 0.2) is 16.6 Å². The lowest BCUT2D eigenvalue weighted by atomic mass is 10.2. The van der Waals surface area contributed by atoms with Gasteiger partial charge in [0.05, 0.1) is 17.7 Å². The SMILES string of the molecule is CCOc1cc(CNC)cc(Br)c1OCCCOC. The largest absolute Gasteiger partial charge is 0.490 e. The third kappa shape index (κ3) is 5.38. The standard InChI is InChI=1S/C14H22BrNO3/c1-4-18-13-9-11(10-16-2)8-12(15)14(13)19-7-5-6-17-3/h8-9,16H,4-7,10H2,1-3H3. The maximum atomic E-state index is 5.78. The van der Waals surface area contributed by atoms with E-state index in [0.717, 1.165) is 34.5 Å². The molecule has 0 aromatic heterocycles. The van der Waals surface area contributed by atoms with Crippen LogP contribution in [0.25, 0.3) is 0 Å². The van der Waals surface area contributed by atoms with Crippen molar-refractivity contribution in [3.8, 4) is 11.5 Å². The first-order chi connectivity index (χ1) is 9.22. The highest BCUT2D eigenvalue weighted by Gasteiger charge is 2.12. The molecule has 0 bridgehead atoms. The molecule has 0 saturated carbocycles. The van der Waals surface area contributed by atoms with Crippen LogP contribution in [0.1, 0.15) is 18.9 Å². The molecule has 0 atom stereocenters. The smallest absolute Gasteiger partial charge is 0.175 e. The van der Waals surface area contributed by atoms with Crippen molar-refractivity contribution in [3.63, 3.8) is 0 Å². The van der Waals surface area contributed by atoms with Crippen LogP contribution in [0.3, 0.4) is 0 Å². The van der Waals surface area contributed by atoms with Gasteiger partial charge in [0, 0.05) is 26.7 Å². The van der Waals surface area contributed by atoms with Gasteiger partial charge in [-0.05, 0) is 47.6 Å². The van der Waals surface area contributed by atoms with Gasteiger partial charge in [-0.3, -0.25) is 0 Å². The third-order valence-electron chi connectivity index (χ3n) is 2.49. The van der Waals surface area contributed by atoms with Gasteiger partial charge in [0.15, 0.2) is 11.5 Å². The lowest BCUT2D eigenvalue weighted by molar-refractivity contribution is 0.169. The van der Waals surface area contributed by atoms with Gasteiger partial charge in [0.25, 0.3) is 0 Å². The van der Waals surface area contributed by atoms with Crippen molar-refractivity contribution in [2.24, 2.45) is 0 Å². The molecule has 0 heterocycles. The van der Waals surface area contributed by atoms with Crippen molar-refractivity contribution in [2.45, 2.75) is 19.9 Å². The number of benzene rings is 1. The molecule has 1 aromatic carbocycles. The van der Waals surface area contributed by atoms with Gasteiger partial charge in [0.2, 0.25) is 0 Å². The fourth-order valence-corrected chi connectivity index (χ4v) is 2.31. The number of halogens is 1. The quantitative estimate of drug-likeness (QED) is 0.706. The fourth-order valence-electron chi connectivity index (χ4n) is 1.71. The summed E-state index contributed by atoms with van der Waals surface area (Å²) in [4.78, 5) is 0. The van der Waals surface area contributed by atoms with E-state index >= 15 is 0 Å². The van der Waals surface area contributed by atoms with Crippen molar-refractivity contribution in [2.75, 3.05) is 34.0 Å². The van der Waals surface area contributed by atoms with E-state index in [9.17, 15) is 0 Å². The molecule has 0 aliphatic heterocycles. The number of methoxy groups -OCH3 is 1. The van der Waals surface area contributed by atoms with Gasteiger partial charge in [-0.15, -0.1) is 0 Å². The van der Waals surface area contributed by atoms with Crippen LogP contribution in [0.4, 0.5) is 0 Å². The highest BCUT2D eigenvalue weighted by Crippen LogP contribution is 2.37. The average Bonchev–Trinajstić information content (AvgIpc) is 2.38. The Bertz CT molecular complexity index is 385. The summed E-state index contributed by atoms with van der Waals surface area (Å²) in [6.07, 6.45) is 0.854. The Morgan fingerprint density at radius 1 is 1.21 bits per heavy atom. The molecular weight excluding hydrogens is 310 g/mol. The van der Waals surface area contributed by atoms with Gasteiger partial charge in [0.1, 0.15) is 0 Å². The van der Waals surface area contributed by atoms with Crippen molar-refractivity contribution < 1.29 is 14.2 Å². The van der Waals surface area contributed by atoms with Crippen LogP contribution in [0.2, 0.25) is 0 Å². The summed E-state index contributed by atoms with van der Waals surface area (Å²) in [5.41, 5.74) is 1.15. The number of nitrogens with one attached hydrogen (secondary N) is 1. The zero-order valence-electron chi connectivity index (χ0n) is 11.8. The van der Waals surface area contributed by atoms with E-state index in [0.29, 0.717) is 19.8 Å². The van der Waals surface area contributed by atoms with Crippen molar-refractivity contribution in [3.05, 3.63) is 22.2 Å². The number of rotatable bonds is 9. The van der Waals surface area contributed by atoms with Gasteiger partial charge in [-0.1, -0.05) is 0 Å². The first kappa shape index (κ1) is 16.3. The first-order valence-electron chi connectivity index (χ1n) is 6.44. The van der Waals surface area contributed by atoms with E-state index in [1.807, 2.05) is 26.1 Å². The second kappa shape index (κ2) is 9.18. The first-order valence-corrected chi connectivity index (χ1v) is 7.23. The molecule has 19 heavy (non-hydrogen) atoms. The average molecular weight is 332 g/mol. The summed E-state index contributed by atoms with van der Waals surface area (Å²) in [7, 11) is 3.61. The van der Waals surface area contributed by atoms with Crippen LogP contribution in [0, 0.1) is 0 Å². The number of hydrogen-bond acceptors (Lipinski definition) is 4. The molecule has 0 amide bonds. The molecule has 1 N–H and O–H groups in total. The summed E-state index contributed by atoms with van der Waals surface area (Å²) >= 11 is 3.54. The lowest BCUT2D eigenvalue weighted by Crippen LogP contribution is -2.08. The highest BCUT2D eigenvalue weighted by molar-refractivity contribution is 9.10. The monoisotopic (exact) mass is 331 g/mol. The number of hydrogen-bond donors (Lipinski definition) is 1. The zero-order chi connectivity index (χ0) is 14.1. The molecule has 1 rings (SSSR count). The molecule has 0 radical (unpaired) electrons. The molecule has 0 aliphatic carbocycles. The lowest BCUT2D eigenvalue weighted by Gasteiger charge is -2.15.